The van der Waals surface area contributed by atoms with Crippen LogP contribution in [0.4, 0.5) is 5.95 Å². The molecule has 1 aromatic heterocycles. The summed E-state index contributed by atoms with van der Waals surface area (Å²) in [5.74, 6) is 0.499. The van der Waals surface area contributed by atoms with Crippen LogP contribution >= 0.6 is 22.6 Å². The molecule has 0 saturated heterocycles. The number of nitrogens with one attached hydrogen (secondary N) is 1. The van der Waals surface area contributed by atoms with Crippen LogP contribution in [0.15, 0.2) is 65.8 Å². The molecule has 0 amide bonds. The Balaban J connectivity index is 1.84. The first kappa shape index (κ1) is 16.6. The highest BCUT2D eigenvalue weighted by atomic mass is 127. The Kier molecular flexibility index (Phi) is 5.20. The van der Waals surface area contributed by atoms with Gasteiger partial charge in [-0.15, -0.1) is 0 Å². The molecule has 5 heteroatoms. The van der Waals surface area contributed by atoms with E-state index >= 15 is 0 Å². The first-order valence-electron chi connectivity index (χ1n) is 7.59. The van der Waals surface area contributed by atoms with Crippen LogP contribution in [0.5, 0.6) is 0 Å². The zero-order valence-electron chi connectivity index (χ0n) is 13.5. The lowest BCUT2D eigenvalue weighted by Crippen LogP contribution is -2.03. The van der Waals surface area contributed by atoms with Gasteiger partial charge < -0.3 is 0 Å². The van der Waals surface area contributed by atoms with E-state index in [1.165, 1.54) is 3.57 Å². The minimum atomic E-state index is 0.499. The summed E-state index contributed by atoms with van der Waals surface area (Å²) < 4.78 is 1.20. The van der Waals surface area contributed by atoms with Gasteiger partial charge in [0.15, 0.2) is 0 Å². The molecule has 0 atom stereocenters. The van der Waals surface area contributed by atoms with Crippen molar-refractivity contribution < 1.29 is 0 Å². The maximum absolute atomic E-state index is 4.55. The van der Waals surface area contributed by atoms with Crippen molar-refractivity contribution in [3.8, 4) is 11.3 Å². The van der Waals surface area contributed by atoms with Crippen molar-refractivity contribution in [3.63, 3.8) is 0 Å². The first-order chi connectivity index (χ1) is 11.6. The maximum atomic E-state index is 4.55. The number of aryl methyl sites for hydroxylation is 1. The van der Waals surface area contributed by atoms with Crippen LogP contribution in [-0.4, -0.2) is 15.7 Å². The van der Waals surface area contributed by atoms with Gasteiger partial charge in [-0.1, -0.05) is 42.5 Å². The molecule has 0 fully saturated rings. The van der Waals surface area contributed by atoms with E-state index in [2.05, 4.69) is 67.4 Å². The molecular formula is C19H17IN4. The zero-order valence-corrected chi connectivity index (χ0v) is 15.7. The highest BCUT2D eigenvalue weighted by Gasteiger charge is 2.04. The quantitative estimate of drug-likeness (QED) is 0.366. The maximum Gasteiger partial charge on any atom is 0.244 e. The van der Waals surface area contributed by atoms with E-state index in [0.717, 1.165) is 28.2 Å². The van der Waals surface area contributed by atoms with E-state index in [1.54, 1.807) is 0 Å². The second-order valence-electron chi connectivity index (χ2n) is 5.40. The van der Waals surface area contributed by atoms with Gasteiger partial charge in [-0.25, -0.2) is 15.4 Å². The highest BCUT2D eigenvalue weighted by molar-refractivity contribution is 14.1. The molecule has 2 aromatic carbocycles. The minimum Gasteiger partial charge on any atom is -0.245 e. The SMILES string of the molecule is C/C(=N\Nc1nc(C)cc(-c2ccccc2)n1)c1ccc(I)cc1. The minimum absolute atomic E-state index is 0.499. The molecule has 0 radical (unpaired) electrons. The van der Waals surface area contributed by atoms with Crippen LogP contribution in [0, 0.1) is 10.5 Å². The molecule has 0 aliphatic carbocycles. The van der Waals surface area contributed by atoms with Crippen molar-refractivity contribution in [1.82, 2.24) is 9.97 Å². The van der Waals surface area contributed by atoms with E-state index in [4.69, 9.17) is 0 Å². The van der Waals surface area contributed by atoms with Crippen LogP contribution in [0.1, 0.15) is 18.2 Å². The van der Waals surface area contributed by atoms with Gasteiger partial charge in [0.25, 0.3) is 0 Å². The number of hydrogen-bond donors (Lipinski definition) is 1. The number of hydrogen-bond acceptors (Lipinski definition) is 4. The summed E-state index contributed by atoms with van der Waals surface area (Å²) in [6.07, 6.45) is 0. The molecule has 0 unspecified atom stereocenters. The van der Waals surface area contributed by atoms with E-state index in [-0.39, 0.29) is 0 Å². The number of benzene rings is 2. The third-order valence-electron chi connectivity index (χ3n) is 3.51. The molecule has 0 aliphatic rings. The number of rotatable bonds is 4. The summed E-state index contributed by atoms with van der Waals surface area (Å²) in [7, 11) is 0. The van der Waals surface area contributed by atoms with Gasteiger partial charge >= 0.3 is 0 Å². The van der Waals surface area contributed by atoms with E-state index < -0.39 is 0 Å². The number of halogens is 1. The van der Waals surface area contributed by atoms with Crippen LogP contribution in [-0.2, 0) is 0 Å². The van der Waals surface area contributed by atoms with Crippen molar-refractivity contribution in [2.24, 2.45) is 5.10 Å². The molecule has 0 bridgehead atoms. The van der Waals surface area contributed by atoms with Gasteiger partial charge in [0, 0.05) is 14.8 Å². The summed E-state index contributed by atoms with van der Waals surface area (Å²) in [5, 5.41) is 4.41. The Morgan fingerprint density at radius 3 is 2.42 bits per heavy atom. The molecule has 1 N–H and O–H groups in total. The Labute approximate surface area is 155 Å². The molecule has 0 saturated carbocycles. The lowest BCUT2D eigenvalue weighted by atomic mass is 10.1. The van der Waals surface area contributed by atoms with Crippen LogP contribution in [0.3, 0.4) is 0 Å². The van der Waals surface area contributed by atoms with Crippen molar-refractivity contribution in [2.75, 3.05) is 5.43 Å². The Morgan fingerprint density at radius 1 is 1.00 bits per heavy atom. The highest BCUT2D eigenvalue weighted by Crippen LogP contribution is 2.18. The summed E-state index contributed by atoms with van der Waals surface area (Å²) in [4.78, 5) is 8.96. The van der Waals surface area contributed by atoms with E-state index in [0.29, 0.717) is 5.95 Å². The predicted octanol–water partition coefficient (Wildman–Crippen LogP) is 4.89. The standard InChI is InChI=1S/C19H17IN4/c1-13-12-18(16-6-4-3-5-7-16)22-19(21-13)24-23-14(2)15-8-10-17(20)11-9-15/h3-12H,1-2H3,(H,21,22,24)/b23-14+. The second kappa shape index (κ2) is 7.53. The molecule has 1 heterocycles. The van der Waals surface area contributed by atoms with Crippen molar-refractivity contribution >= 4 is 34.3 Å². The fourth-order valence-corrected chi connectivity index (χ4v) is 2.62. The predicted molar refractivity (Wildman–Crippen MR) is 107 cm³/mol. The van der Waals surface area contributed by atoms with Gasteiger partial charge in [-0.2, -0.15) is 5.10 Å². The Hall–Kier alpha value is -2.28. The molecular weight excluding hydrogens is 411 g/mol. The van der Waals surface area contributed by atoms with Gasteiger partial charge in [-0.3, -0.25) is 0 Å². The Morgan fingerprint density at radius 2 is 1.71 bits per heavy atom. The summed E-state index contributed by atoms with van der Waals surface area (Å²) in [6.45, 7) is 3.91. The monoisotopic (exact) mass is 428 g/mol. The average Bonchev–Trinajstić information content (AvgIpc) is 2.60. The average molecular weight is 428 g/mol. The van der Waals surface area contributed by atoms with Crippen LogP contribution < -0.4 is 5.43 Å². The van der Waals surface area contributed by atoms with Crippen molar-refractivity contribution in [1.29, 1.82) is 0 Å². The molecule has 0 spiro atoms. The van der Waals surface area contributed by atoms with Gasteiger partial charge in [-0.05, 0) is 60.2 Å². The third kappa shape index (κ3) is 4.17. The fourth-order valence-electron chi connectivity index (χ4n) is 2.26. The molecule has 3 aromatic rings. The summed E-state index contributed by atoms with van der Waals surface area (Å²) in [5.41, 5.74) is 7.77. The number of nitrogens with zero attached hydrogens (tertiary/aromatic N) is 3. The molecule has 120 valence electrons. The topological polar surface area (TPSA) is 50.2 Å². The number of hydrazone groups is 1. The third-order valence-corrected chi connectivity index (χ3v) is 4.23. The smallest absolute Gasteiger partial charge is 0.244 e. The number of aromatic nitrogens is 2. The molecule has 4 nitrogen and oxygen atoms in total. The number of anilines is 1. The van der Waals surface area contributed by atoms with Crippen LogP contribution in [0.2, 0.25) is 0 Å². The second-order valence-corrected chi connectivity index (χ2v) is 6.65. The van der Waals surface area contributed by atoms with Crippen molar-refractivity contribution in [3.05, 3.63) is 75.5 Å². The van der Waals surface area contributed by atoms with Crippen LogP contribution in [0.25, 0.3) is 11.3 Å². The normalized spacial score (nSPS) is 11.4. The zero-order chi connectivity index (χ0) is 16.9. The summed E-state index contributed by atoms with van der Waals surface area (Å²) >= 11 is 2.29. The largest absolute Gasteiger partial charge is 0.245 e. The molecule has 24 heavy (non-hydrogen) atoms. The van der Waals surface area contributed by atoms with E-state index in [1.807, 2.05) is 50.2 Å². The molecule has 3 rings (SSSR count). The lowest BCUT2D eigenvalue weighted by molar-refractivity contribution is 1.07. The van der Waals surface area contributed by atoms with Gasteiger partial charge in [0.1, 0.15) is 0 Å². The molecule has 0 aliphatic heterocycles. The first-order valence-corrected chi connectivity index (χ1v) is 8.67. The van der Waals surface area contributed by atoms with E-state index in [9.17, 15) is 0 Å². The van der Waals surface area contributed by atoms with Crippen molar-refractivity contribution in [2.45, 2.75) is 13.8 Å². The Bertz CT molecular complexity index is 858. The lowest BCUT2D eigenvalue weighted by Gasteiger charge is -2.07. The summed E-state index contributed by atoms with van der Waals surface area (Å²) in [6, 6.07) is 20.2. The van der Waals surface area contributed by atoms with Gasteiger partial charge in [0.2, 0.25) is 5.95 Å². The fraction of sp³-hybridized carbons (Fsp3) is 0.105. The van der Waals surface area contributed by atoms with Gasteiger partial charge in [0.05, 0.1) is 11.4 Å².